The van der Waals surface area contributed by atoms with Gasteiger partial charge in [0.15, 0.2) is 0 Å². The van der Waals surface area contributed by atoms with E-state index in [0.29, 0.717) is 19.5 Å². The largest absolute Gasteiger partial charge is 0.481 e. The Kier molecular flexibility index (Phi) is 3.68. The van der Waals surface area contributed by atoms with Crippen LogP contribution in [0.2, 0.25) is 0 Å². The van der Waals surface area contributed by atoms with Crippen molar-refractivity contribution >= 4 is 11.9 Å². The van der Waals surface area contributed by atoms with Gasteiger partial charge in [0.25, 0.3) is 0 Å². The fourth-order valence-electron chi connectivity index (χ4n) is 1.96. The molecule has 0 radical (unpaired) electrons. The number of carbonyl (C=O) groups is 2. The Morgan fingerprint density at radius 1 is 1.60 bits per heavy atom. The lowest BCUT2D eigenvalue weighted by Gasteiger charge is -2.25. The van der Waals surface area contributed by atoms with Crippen LogP contribution >= 0.6 is 0 Å². The first-order valence-electron chi connectivity index (χ1n) is 5.22. The molecule has 1 aliphatic rings. The standard InChI is InChI=1S/C10H18N2O3/c1-6(5-11)9(13)12-4-3-8(7(12)2)10(14)15/h6-8H,3-5,11H2,1-2H3,(H,14,15). The molecular weight excluding hydrogens is 196 g/mol. The third-order valence-electron chi connectivity index (χ3n) is 3.13. The molecule has 1 amide bonds. The number of rotatable bonds is 3. The van der Waals surface area contributed by atoms with Gasteiger partial charge in [-0.25, -0.2) is 0 Å². The molecular formula is C10H18N2O3. The normalized spacial score (nSPS) is 27.8. The van der Waals surface area contributed by atoms with Gasteiger partial charge in [-0.15, -0.1) is 0 Å². The van der Waals surface area contributed by atoms with E-state index in [4.69, 9.17) is 10.8 Å². The predicted molar refractivity (Wildman–Crippen MR) is 55.1 cm³/mol. The van der Waals surface area contributed by atoms with Crippen molar-refractivity contribution in [3.05, 3.63) is 0 Å². The average Bonchev–Trinajstić information content (AvgIpc) is 2.57. The van der Waals surface area contributed by atoms with Gasteiger partial charge in [-0.1, -0.05) is 6.92 Å². The van der Waals surface area contributed by atoms with Crippen molar-refractivity contribution in [2.24, 2.45) is 17.6 Å². The molecule has 3 N–H and O–H groups in total. The second-order valence-corrected chi connectivity index (χ2v) is 4.14. The van der Waals surface area contributed by atoms with Crippen molar-refractivity contribution in [3.8, 4) is 0 Å². The van der Waals surface area contributed by atoms with Crippen LogP contribution in [0.3, 0.4) is 0 Å². The van der Waals surface area contributed by atoms with E-state index in [0.717, 1.165) is 0 Å². The molecule has 86 valence electrons. The van der Waals surface area contributed by atoms with Crippen LogP contribution in [0.4, 0.5) is 0 Å². The van der Waals surface area contributed by atoms with Crippen molar-refractivity contribution in [3.63, 3.8) is 0 Å². The summed E-state index contributed by atoms with van der Waals surface area (Å²) in [6.07, 6.45) is 0.541. The highest BCUT2D eigenvalue weighted by Crippen LogP contribution is 2.25. The van der Waals surface area contributed by atoms with E-state index in [1.54, 1.807) is 18.7 Å². The lowest BCUT2D eigenvalue weighted by molar-refractivity contribution is -0.143. The van der Waals surface area contributed by atoms with Gasteiger partial charge >= 0.3 is 5.97 Å². The fraction of sp³-hybridized carbons (Fsp3) is 0.800. The molecule has 1 saturated heterocycles. The zero-order valence-electron chi connectivity index (χ0n) is 9.14. The summed E-state index contributed by atoms with van der Waals surface area (Å²) >= 11 is 0. The van der Waals surface area contributed by atoms with E-state index in [-0.39, 0.29) is 17.9 Å². The van der Waals surface area contributed by atoms with Gasteiger partial charge in [-0.3, -0.25) is 9.59 Å². The molecule has 5 heteroatoms. The molecule has 0 saturated carbocycles. The molecule has 1 aliphatic heterocycles. The maximum Gasteiger partial charge on any atom is 0.308 e. The van der Waals surface area contributed by atoms with Crippen LogP contribution in [-0.2, 0) is 9.59 Å². The Morgan fingerprint density at radius 3 is 2.60 bits per heavy atom. The van der Waals surface area contributed by atoms with E-state index in [2.05, 4.69) is 0 Å². The predicted octanol–water partition coefficient (Wildman–Crippen LogP) is -0.0972. The monoisotopic (exact) mass is 214 g/mol. The van der Waals surface area contributed by atoms with Gasteiger partial charge in [0.05, 0.1) is 5.92 Å². The molecule has 5 nitrogen and oxygen atoms in total. The van der Waals surface area contributed by atoms with Crippen molar-refractivity contribution in [2.75, 3.05) is 13.1 Å². The first-order chi connectivity index (χ1) is 6.99. The quantitative estimate of drug-likeness (QED) is 0.687. The Bertz CT molecular complexity index is 267. The van der Waals surface area contributed by atoms with Crippen molar-refractivity contribution in [1.82, 2.24) is 4.90 Å². The van der Waals surface area contributed by atoms with Crippen LogP contribution in [0.25, 0.3) is 0 Å². The van der Waals surface area contributed by atoms with E-state index in [1.807, 2.05) is 0 Å². The number of amides is 1. The van der Waals surface area contributed by atoms with Gasteiger partial charge in [0.2, 0.25) is 5.91 Å². The smallest absolute Gasteiger partial charge is 0.308 e. The molecule has 1 fully saturated rings. The number of nitrogens with zero attached hydrogens (tertiary/aromatic N) is 1. The van der Waals surface area contributed by atoms with E-state index in [9.17, 15) is 9.59 Å². The van der Waals surface area contributed by atoms with E-state index >= 15 is 0 Å². The third kappa shape index (κ3) is 2.28. The molecule has 0 aromatic rings. The number of carboxylic acids is 1. The molecule has 0 aromatic heterocycles. The third-order valence-corrected chi connectivity index (χ3v) is 3.13. The van der Waals surface area contributed by atoms with Crippen LogP contribution in [0, 0.1) is 11.8 Å². The van der Waals surface area contributed by atoms with Crippen LogP contribution in [-0.4, -0.2) is 41.0 Å². The average molecular weight is 214 g/mol. The van der Waals surface area contributed by atoms with Gasteiger partial charge < -0.3 is 15.7 Å². The number of hydrogen-bond donors (Lipinski definition) is 2. The first-order valence-corrected chi connectivity index (χ1v) is 5.22. The summed E-state index contributed by atoms with van der Waals surface area (Å²) in [5.74, 6) is -1.51. The lowest BCUT2D eigenvalue weighted by atomic mass is 10.0. The van der Waals surface area contributed by atoms with Crippen LogP contribution in [0.15, 0.2) is 0 Å². The summed E-state index contributed by atoms with van der Waals surface area (Å²) in [6.45, 7) is 4.39. The highest BCUT2D eigenvalue weighted by molar-refractivity contribution is 5.81. The zero-order chi connectivity index (χ0) is 11.6. The highest BCUT2D eigenvalue weighted by atomic mass is 16.4. The molecule has 0 spiro atoms. The first kappa shape index (κ1) is 12.0. The number of aliphatic carboxylic acids is 1. The summed E-state index contributed by atoms with van der Waals surface area (Å²) in [6, 6.07) is -0.219. The van der Waals surface area contributed by atoms with Crippen LogP contribution < -0.4 is 5.73 Å². The van der Waals surface area contributed by atoms with Gasteiger partial charge in [0.1, 0.15) is 0 Å². The maximum absolute atomic E-state index is 11.8. The Morgan fingerprint density at radius 2 is 2.20 bits per heavy atom. The SMILES string of the molecule is CC(CN)C(=O)N1CCC(C(=O)O)C1C. The minimum absolute atomic E-state index is 0.0336. The molecule has 3 unspecified atom stereocenters. The van der Waals surface area contributed by atoms with Crippen LogP contribution in [0.1, 0.15) is 20.3 Å². The van der Waals surface area contributed by atoms with Crippen molar-refractivity contribution < 1.29 is 14.7 Å². The molecule has 1 rings (SSSR count). The number of nitrogens with two attached hydrogens (primary N) is 1. The fourth-order valence-corrected chi connectivity index (χ4v) is 1.96. The molecule has 0 aliphatic carbocycles. The van der Waals surface area contributed by atoms with E-state index < -0.39 is 11.9 Å². The number of hydrogen-bond acceptors (Lipinski definition) is 3. The second kappa shape index (κ2) is 4.61. The van der Waals surface area contributed by atoms with E-state index in [1.165, 1.54) is 0 Å². The van der Waals surface area contributed by atoms with Crippen LogP contribution in [0.5, 0.6) is 0 Å². The van der Waals surface area contributed by atoms with Gasteiger partial charge in [-0.2, -0.15) is 0 Å². The molecule has 1 heterocycles. The summed E-state index contributed by atoms with van der Waals surface area (Å²) in [4.78, 5) is 24.3. The molecule has 15 heavy (non-hydrogen) atoms. The Hall–Kier alpha value is -1.10. The molecule has 3 atom stereocenters. The highest BCUT2D eigenvalue weighted by Gasteiger charge is 2.38. The van der Waals surface area contributed by atoms with Gasteiger partial charge in [0, 0.05) is 25.0 Å². The lowest BCUT2D eigenvalue weighted by Crippen LogP contribution is -2.42. The minimum atomic E-state index is -0.821. The summed E-state index contributed by atoms with van der Waals surface area (Å²) in [7, 11) is 0. The molecule has 0 bridgehead atoms. The topological polar surface area (TPSA) is 83.6 Å². The number of carbonyl (C=O) groups excluding carboxylic acids is 1. The summed E-state index contributed by atoms with van der Waals surface area (Å²) in [5, 5.41) is 8.92. The van der Waals surface area contributed by atoms with Gasteiger partial charge in [-0.05, 0) is 13.3 Å². The summed E-state index contributed by atoms with van der Waals surface area (Å²) < 4.78 is 0. The summed E-state index contributed by atoms with van der Waals surface area (Å²) in [5.41, 5.74) is 5.42. The zero-order valence-corrected chi connectivity index (χ0v) is 9.14. The van der Waals surface area contributed by atoms with Crippen molar-refractivity contribution in [1.29, 1.82) is 0 Å². The number of likely N-dealkylation sites (tertiary alicyclic amines) is 1. The molecule has 0 aromatic carbocycles. The Balaban J connectivity index is 2.67. The maximum atomic E-state index is 11.8. The Labute approximate surface area is 89.2 Å². The second-order valence-electron chi connectivity index (χ2n) is 4.14. The minimum Gasteiger partial charge on any atom is -0.481 e. The van der Waals surface area contributed by atoms with Crippen molar-refractivity contribution in [2.45, 2.75) is 26.3 Å². The number of carboxylic acid groups (broad SMARTS) is 1.